The van der Waals surface area contributed by atoms with Gasteiger partial charge in [-0.15, -0.1) is 0 Å². The fourth-order valence-corrected chi connectivity index (χ4v) is 1.63. The van der Waals surface area contributed by atoms with E-state index in [0.29, 0.717) is 18.1 Å². The van der Waals surface area contributed by atoms with Crippen molar-refractivity contribution in [2.75, 3.05) is 6.54 Å². The van der Waals surface area contributed by atoms with Crippen LogP contribution in [-0.2, 0) is 4.79 Å². The molecule has 2 rings (SSSR count). The van der Waals surface area contributed by atoms with E-state index in [0.717, 1.165) is 11.1 Å². The molecule has 0 saturated carbocycles. The van der Waals surface area contributed by atoms with Gasteiger partial charge in [0.15, 0.2) is 0 Å². The zero-order chi connectivity index (χ0) is 9.97. The number of amides is 1. The quantitative estimate of drug-likeness (QED) is 0.451. The maximum Gasteiger partial charge on any atom is 0.208 e. The Hall–Kier alpha value is -1.42. The van der Waals surface area contributed by atoms with Crippen LogP contribution >= 0.6 is 11.6 Å². The summed E-state index contributed by atoms with van der Waals surface area (Å²) >= 11 is 5.82. The molecule has 2 aliphatic rings. The predicted octanol–water partition coefficient (Wildman–Crippen LogP) is 0.155. The summed E-state index contributed by atoms with van der Waals surface area (Å²) in [5, 5.41) is 9.32. The van der Waals surface area contributed by atoms with Crippen molar-refractivity contribution < 1.29 is 4.79 Å². The highest BCUT2D eigenvalue weighted by atomic mass is 35.5. The van der Waals surface area contributed by atoms with Crippen molar-refractivity contribution >= 4 is 18.0 Å². The fraction of sp³-hybridized carbons (Fsp3) is 0.222. The number of carbonyl (C=O) groups excluding carboxylic acids is 1. The molecule has 0 spiro atoms. The van der Waals surface area contributed by atoms with Crippen LogP contribution in [0.3, 0.4) is 0 Å². The minimum absolute atomic E-state index is 0.127. The second kappa shape index (κ2) is 3.75. The van der Waals surface area contributed by atoms with E-state index >= 15 is 0 Å². The maximum atomic E-state index is 10.2. The highest BCUT2D eigenvalue weighted by Gasteiger charge is 2.16. The van der Waals surface area contributed by atoms with E-state index in [1.54, 1.807) is 0 Å². The average molecular weight is 212 g/mol. The minimum Gasteiger partial charge on any atom is -0.372 e. The molecule has 1 atom stereocenters. The Balaban J connectivity index is 2.17. The molecule has 4 nitrogen and oxygen atoms in total. The van der Waals surface area contributed by atoms with E-state index < -0.39 is 0 Å². The lowest BCUT2D eigenvalue weighted by atomic mass is 10.0. The smallest absolute Gasteiger partial charge is 0.208 e. The molecule has 0 fully saturated rings. The van der Waals surface area contributed by atoms with Crippen molar-refractivity contribution in [2.45, 2.75) is 6.17 Å². The minimum atomic E-state index is -0.127. The number of hydrogen-bond acceptors (Lipinski definition) is 3. The van der Waals surface area contributed by atoms with Gasteiger partial charge in [-0.05, 0) is 23.3 Å². The maximum absolute atomic E-state index is 10.2. The van der Waals surface area contributed by atoms with Crippen LogP contribution in [0.25, 0.3) is 0 Å². The summed E-state index contributed by atoms with van der Waals surface area (Å²) < 4.78 is 0. The Bertz CT molecular complexity index is 346. The standard InChI is InChI=1S/C9H10ClN3O/c10-8-1-6-4-12-9(13-5-14)2-7(6)3-11-8/h1-2,4-5,9,11-12H,3H2,(H,13,14). The molecular weight excluding hydrogens is 202 g/mol. The topological polar surface area (TPSA) is 53.2 Å². The van der Waals surface area contributed by atoms with Gasteiger partial charge in [0.05, 0.1) is 0 Å². The molecule has 14 heavy (non-hydrogen) atoms. The lowest BCUT2D eigenvalue weighted by Crippen LogP contribution is -2.40. The third kappa shape index (κ3) is 1.75. The van der Waals surface area contributed by atoms with Gasteiger partial charge in [-0.1, -0.05) is 11.6 Å². The third-order valence-electron chi connectivity index (χ3n) is 2.13. The first-order chi connectivity index (χ1) is 6.79. The molecule has 5 heteroatoms. The van der Waals surface area contributed by atoms with Gasteiger partial charge >= 0.3 is 0 Å². The highest BCUT2D eigenvalue weighted by molar-refractivity contribution is 6.29. The first kappa shape index (κ1) is 9.15. The van der Waals surface area contributed by atoms with Crippen molar-refractivity contribution in [2.24, 2.45) is 0 Å². The predicted molar refractivity (Wildman–Crippen MR) is 54.2 cm³/mol. The molecule has 0 bridgehead atoms. The van der Waals surface area contributed by atoms with Gasteiger partial charge in [-0.25, -0.2) is 0 Å². The van der Waals surface area contributed by atoms with Gasteiger partial charge in [-0.2, -0.15) is 0 Å². The summed E-state index contributed by atoms with van der Waals surface area (Å²) in [6.07, 6.45) is 6.20. The van der Waals surface area contributed by atoms with Crippen molar-refractivity contribution in [3.05, 3.63) is 34.7 Å². The molecule has 2 aliphatic heterocycles. The van der Waals surface area contributed by atoms with E-state index in [1.165, 1.54) is 0 Å². The van der Waals surface area contributed by atoms with Gasteiger partial charge in [0.25, 0.3) is 0 Å². The normalized spacial score (nSPS) is 24.4. The van der Waals surface area contributed by atoms with E-state index in [1.807, 2.05) is 18.4 Å². The Morgan fingerprint density at radius 1 is 1.64 bits per heavy atom. The first-order valence-electron chi connectivity index (χ1n) is 4.27. The van der Waals surface area contributed by atoms with Crippen molar-refractivity contribution in [3.63, 3.8) is 0 Å². The highest BCUT2D eigenvalue weighted by Crippen LogP contribution is 2.21. The number of rotatable bonds is 2. The molecule has 0 aromatic rings. The third-order valence-corrected chi connectivity index (χ3v) is 2.38. The lowest BCUT2D eigenvalue weighted by molar-refractivity contribution is -0.110. The Labute approximate surface area is 86.7 Å². The number of hydrogen-bond donors (Lipinski definition) is 3. The van der Waals surface area contributed by atoms with Crippen LogP contribution in [0, 0.1) is 0 Å². The van der Waals surface area contributed by atoms with Crippen LogP contribution in [0.4, 0.5) is 0 Å². The van der Waals surface area contributed by atoms with Gasteiger partial charge < -0.3 is 16.0 Å². The molecular formula is C9H10ClN3O. The van der Waals surface area contributed by atoms with E-state index in [2.05, 4.69) is 16.0 Å². The Morgan fingerprint density at radius 3 is 3.29 bits per heavy atom. The fourth-order valence-electron chi connectivity index (χ4n) is 1.45. The van der Waals surface area contributed by atoms with Gasteiger partial charge in [0.2, 0.25) is 6.41 Å². The Morgan fingerprint density at radius 2 is 2.50 bits per heavy atom. The summed E-state index contributed by atoms with van der Waals surface area (Å²) in [5.74, 6) is 0. The van der Waals surface area contributed by atoms with Crippen molar-refractivity contribution in [1.82, 2.24) is 16.0 Å². The second-order valence-electron chi connectivity index (χ2n) is 3.07. The molecule has 0 radical (unpaired) electrons. The molecule has 1 amide bonds. The van der Waals surface area contributed by atoms with Crippen LogP contribution < -0.4 is 16.0 Å². The molecule has 0 aliphatic carbocycles. The molecule has 0 aromatic heterocycles. The van der Waals surface area contributed by atoms with Crippen LogP contribution in [-0.4, -0.2) is 19.1 Å². The van der Waals surface area contributed by atoms with Crippen LogP contribution in [0.1, 0.15) is 0 Å². The molecule has 0 aromatic carbocycles. The van der Waals surface area contributed by atoms with E-state index in [4.69, 9.17) is 11.6 Å². The number of allylic oxidation sites excluding steroid dienone is 1. The van der Waals surface area contributed by atoms with Gasteiger partial charge in [0.1, 0.15) is 11.3 Å². The molecule has 1 unspecified atom stereocenters. The summed E-state index contributed by atoms with van der Waals surface area (Å²) in [6, 6.07) is 0. The Kier molecular flexibility index (Phi) is 2.45. The van der Waals surface area contributed by atoms with Crippen LogP contribution in [0.15, 0.2) is 34.7 Å². The van der Waals surface area contributed by atoms with Crippen LogP contribution in [0.5, 0.6) is 0 Å². The second-order valence-corrected chi connectivity index (χ2v) is 3.47. The number of fused-ring (bicyclic) bond motifs is 1. The monoisotopic (exact) mass is 211 g/mol. The van der Waals surface area contributed by atoms with Crippen molar-refractivity contribution in [1.29, 1.82) is 0 Å². The zero-order valence-corrected chi connectivity index (χ0v) is 8.14. The number of halogens is 1. The number of carbonyl (C=O) groups is 1. The largest absolute Gasteiger partial charge is 0.372 e. The summed E-state index contributed by atoms with van der Waals surface area (Å²) in [6.45, 7) is 0.694. The SMILES string of the molecule is O=CNC1C=C2CNC(Cl)=CC2=CN1. The average Bonchev–Trinajstić information content (AvgIpc) is 2.19. The van der Waals surface area contributed by atoms with Crippen molar-refractivity contribution in [3.8, 4) is 0 Å². The lowest BCUT2D eigenvalue weighted by Gasteiger charge is -2.25. The number of dihydropyridines is 1. The van der Waals surface area contributed by atoms with E-state index in [-0.39, 0.29) is 6.17 Å². The summed E-state index contributed by atoms with van der Waals surface area (Å²) in [5.41, 5.74) is 2.19. The number of nitrogens with one attached hydrogen (secondary N) is 3. The van der Waals surface area contributed by atoms with Crippen LogP contribution in [0.2, 0.25) is 0 Å². The van der Waals surface area contributed by atoms with E-state index in [9.17, 15) is 4.79 Å². The molecule has 2 heterocycles. The summed E-state index contributed by atoms with van der Waals surface area (Å²) in [4.78, 5) is 10.2. The van der Waals surface area contributed by atoms with Gasteiger partial charge in [-0.3, -0.25) is 4.79 Å². The first-order valence-corrected chi connectivity index (χ1v) is 4.65. The summed E-state index contributed by atoms with van der Waals surface area (Å²) in [7, 11) is 0. The zero-order valence-electron chi connectivity index (χ0n) is 7.38. The van der Waals surface area contributed by atoms with Gasteiger partial charge in [0, 0.05) is 12.7 Å². The molecule has 3 N–H and O–H groups in total. The molecule has 74 valence electrons. The molecule has 0 saturated heterocycles.